The van der Waals surface area contributed by atoms with Gasteiger partial charge in [-0.25, -0.2) is 4.99 Å². The van der Waals surface area contributed by atoms with Crippen molar-refractivity contribution in [2.75, 3.05) is 13.7 Å². The molecule has 0 amide bonds. The van der Waals surface area contributed by atoms with Crippen molar-refractivity contribution >= 4 is 5.96 Å². The van der Waals surface area contributed by atoms with Gasteiger partial charge in [0.25, 0.3) is 0 Å². The first-order valence-corrected chi connectivity index (χ1v) is 8.66. The highest BCUT2D eigenvalue weighted by molar-refractivity contribution is 5.80. The summed E-state index contributed by atoms with van der Waals surface area (Å²) in [6.07, 6.45) is 2.25. The van der Waals surface area contributed by atoms with Crippen LogP contribution >= 0.6 is 0 Å². The van der Waals surface area contributed by atoms with Crippen LogP contribution in [-0.4, -0.2) is 30.8 Å². The predicted octanol–water partition coefficient (Wildman–Crippen LogP) is 3.67. The van der Waals surface area contributed by atoms with Crippen molar-refractivity contribution in [3.05, 3.63) is 23.8 Å². The van der Waals surface area contributed by atoms with Crippen molar-refractivity contribution < 1.29 is 9.84 Å². The van der Waals surface area contributed by atoms with E-state index in [4.69, 9.17) is 4.74 Å². The number of nitrogens with zero attached hydrogens (tertiary/aromatic N) is 1. The maximum atomic E-state index is 9.85. The van der Waals surface area contributed by atoms with Gasteiger partial charge in [0.1, 0.15) is 0 Å². The number of benzene rings is 1. The van der Waals surface area contributed by atoms with Gasteiger partial charge >= 0.3 is 0 Å². The monoisotopic (exact) mass is 335 g/mol. The molecule has 0 radical (unpaired) electrons. The van der Waals surface area contributed by atoms with E-state index in [1.165, 1.54) is 0 Å². The van der Waals surface area contributed by atoms with E-state index in [0.29, 0.717) is 23.8 Å². The molecule has 24 heavy (non-hydrogen) atoms. The Morgan fingerprint density at radius 3 is 2.58 bits per heavy atom. The molecule has 1 unspecified atom stereocenters. The van der Waals surface area contributed by atoms with Gasteiger partial charge in [-0.3, -0.25) is 0 Å². The fourth-order valence-corrected chi connectivity index (χ4v) is 2.28. The Bertz CT molecular complexity index is 536. The van der Waals surface area contributed by atoms with Gasteiger partial charge in [0, 0.05) is 12.6 Å². The summed E-state index contributed by atoms with van der Waals surface area (Å²) in [5.41, 5.74) is 1.28. The third kappa shape index (κ3) is 7.57. The van der Waals surface area contributed by atoms with E-state index in [-0.39, 0.29) is 5.75 Å². The van der Waals surface area contributed by atoms with Gasteiger partial charge in [-0.15, -0.1) is 0 Å². The summed E-state index contributed by atoms with van der Waals surface area (Å²) in [4.78, 5) is 4.61. The molecule has 1 aromatic rings. The van der Waals surface area contributed by atoms with Crippen molar-refractivity contribution in [1.82, 2.24) is 10.6 Å². The summed E-state index contributed by atoms with van der Waals surface area (Å²) in [5.74, 6) is 1.42. The first-order chi connectivity index (χ1) is 11.2. The third-order valence-electron chi connectivity index (χ3n) is 3.72. The minimum Gasteiger partial charge on any atom is -0.504 e. The lowest BCUT2D eigenvalue weighted by Gasteiger charge is -2.23. The summed E-state index contributed by atoms with van der Waals surface area (Å²) in [5, 5.41) is 16.6. The zero-order valence-corrected chi connectivity index (χ0v) is 15.9. The van der Waals surface area contributed by atoms with Crippen LogP contribution in [-0.2, 0) is 6.54 Å². The topological polar surface area (TPSA) is 65.9 Å². The Morgan fingerprint density at radius 1 is 1.33 bits per heavy atom. The molecule has 1 rings (SSSR count). The molecule has 0 aliphatic rings. The largest absolute Gasteiger partial charge is 0.504 e. The Balaban J connectivity index is 2.66. The number of guanidine groups is 1. The molecule has 0 heterocycles. The molecule has 0 saturated carbocycles. The minimum atomic E-state index is 0.140. The summed E-state index contributed by atoms with van der Waals surface area (Å²) < 4.78 is 5.06. The molecule has 0 spiro atoms. The van der Waals surface area contributed by atoms with Gasteiger partial charge in [0.05, 0.1) is 13.7 Å². The Kier molecular flexibility index (Phi) is 7.89. The number of phenolic OH excluding ortho intramolecular Hbond substituents is 1. The molecule has 0 fully saturated rings. The highest BCUT2D eigenvalue weighted by atomic mass is 16.5. The van der Waals surface area contributed by atoms with E-state index in [2.05, 4.69) is 50.2 Å². The van der Waals surface area contributed by atoms with Crippen molar-refractivity contribution in [3.8, 4) is 11.5 Å². The fraction of sp³-hybridized carbons (Fsp3) is 0.632. The number of phenols is 1. The molecule has 0 aliphatic heterocycles. The first-order valence-electron chi connectivity index (χ1n) is 8.66. The normalized spacial score (nSPS) is 13.5. The lowest BCUT2D eigenvalue weighted by atomic mass is 9.89. The molecule has 0 aliphatic carbocycles. The van der Waals surface area contributed by atoms with Gasteiger partial charge in [0.2, 0.25) is 0 Å². The van der Waals surface area contributed by atoms with E-state index < -0.39 is 0 Å². The van der Waals surface area contributed by atoms with Crippen LogP contribution in [0.3, 0.4) is 0 Å². The maximum Gasteiger partial charge on any atom is 0.191 e. The highest BCUT2D eigenvalue weighted by Gasteiger charge is 2.13. The minimum absolute atomic E-state index is 0.140. The predicted molar refractivity (Wildman–Crippen MR) is 101 cm³/mol. The second-order valence-corrected chi connectivity index (χ2v) is 7.35. The second kappa shape index (κ2) is 9.40. The lowest BCUT2D eigenvalue weighted by molar-refractivity contribution is 0.346. The number of aliphatic imine (C=N–C) groups is 1. The summed E-state index contributed by atoms with van der Waals surface area (Å²) in [6.45, 7) is 12.3. The molecule has 1 aromatic carbocycles. The standard InChI is InChI=1S/C19H33N3O2/c1-7-20-18(22-14(2)10-11-19(3,4)5)21-13-15-8-9-17(24-6)16(23)12-15/h8-9,12,14,23H,7,10-11,13H2,1-6H3,(H2,20,21,22). The van der Waals surface area contributed by atoms with Crippen LogP contribution < -0.4 is 15.4 Å². The zero-order valence-electron chi connectivity index (χ0n) is 15.9. The number of nitrogens with one attached hydrogen (secondary N) is 2. The number of hydrogen-bond acceptors (Lipinski definition) is 3. The molecule has 0 bridgehead atoms. The second-order valence-electron chi connectivity index (χ2n) is 7.35. The highest BCUT2D eigenvalue weighted by Crippen LogP contribution is 2.26. The van der Waals surface area contributed by atoms with Crippen LogP contribution in [0.4, 0.5) is 0 Å². The number of aromatic hydroxyl groups is 1. The van der Waals surface area contributed by atoms with Gasteiger partial charge < -0.3 is 20.5 Å². The average molecular weight is 335 g/mol. The number of hydrogen-bond donors (Lipinski definition) is 3. The average Bonchev–Trinajstić information content (AvgIpc) is 2.50. The van der Waals surface area contributed by atoms with E-state index >= 15 is 0 Å². The quantitative estimate of drug-likeness (QED) is 0.525. The molecular formula is C19H33N3O2. The molecule has 136 valence electrons. The maximum absolute atomic E-state index is 9.85. The Hall–Kier alpha value is -1.91. The smallest absolute Gasteiger partial charge is 0.191 e. The van der Waals surface area contributed by atoms with Crippen molar-refractivity contribution in [1.29, 1.82) is 0 Å². The number of rotatable bonds is 7. The Labute approximate surface area is 146 Å². The van der Waals surface area contributed by atoms with Crippen LogP contribution in [0, 0.1) is 5.41 Å². The van der Waals surface area contributed by atoms with Gasteiger partial charge in [-0.05, 0) is 49.8 Å². The van der Waals surface area contributed by atoms with Crippen molar-refractivity contribution in [2.24, 2.45) is 10.4 Å². The molecule has 0 aromatic heterocycles. The molecular weight excluding hydrogens is 302 g/mol. The summed E-state index contributed by atoms with van der Waals surface area (Å²) in [6, 6.07) is 5.71. The van der Waals surface area contributed by atoms with Crippen molar-refractivity contribution in [2.45, 2.75) is 60.0 Å². The van der Waals surface area contributed by atoms with Crippen LogP contribution in [0.15, 0.2) is 23.2 Å². The number of ether oxygens (including phenoxy) is 1. The fourth-order valence-electron chi connectivity index (χ4n) is 2.28. The van der Waals surface area contributed by atoms with E-state index in [9.17, 15) is 5.11 Å². The molecule has 3 N–H and O–H groups in total. The van der Waals surface area contributed by atoms with Gasteiger partial charge in [-0.2, -0.15) is 0 Å². The first kappa shape index (κ1) is 20.1. The van der Waals surface area contributed by atoms with Crippen LogP contribution in [0.1, 0.15) is 53.0 Å². The molecule has 1 atom stereocenters. The molecule has 0 saturated heterocycles. The third-order valence-corrected chi connectivity index (χ3v) is 3.72. The summed E-state index contributed by atoms with van der Waals surface area (Å²) >= 11 is 0. The molecule has 5 heteroatoms. The van der Waals surface area contributed by atoms with Crippen LogP contribution in [0.2, 0.25) is 0 Å². The number of methoxy groups -OCH3 is 1. The molecule has 5 nitrogen and oxygen atoms in total. The van der Waals surface area contributed by atoms with E-state index in [1.807, 2.05) is 6.07 Å². The van der Waals surface area contributed by atoms with Crippen LogP contribution in [0.25, 0.3) is 0 Å². The summed E-state index contributed by atoms with van der Waals surface area (Å²) in [7, 11) is 1.54. The van der Waals surface area contributed by atoms with Gasteiger partial charge in [-0.1, -0.05) is 26.8 Å². The Morgan fingerprint density at radius 2 is 2.04 bits per heavy atom. The van der Waals surface area contributed by atoms with Crippen molar-refractivity contribution in [3.63, 3.8) is 0 Å². The van der Waals surface area contributed by atoms with Gasteiger partial charge in [0.15, 0.2) is 17.5 Å². The zero-order chi connectivity index (χ0) is 18.2. The van der Waals surface area contributed by atoms with Crippen LogP contribution in [0.5, 0.6) is 11.5 Å². The SMILES string of the molecule is CCNC(=NCc1ccc(OC)c(O)c1)NC(C)CCC(C)(C)C. The van der Waals surface area contributed by atoms with E-state index in [1.54, 1.807) is 19.2 Å². The lowest BCUT2D eigenvalue weighted by Crippen LogP contribution is -2.42. The van der Waals surface area contributed by atoms with E-state index in [0.717, 1.165) is 30.9 Å².